The van der Waals surface area contributed by atoms with Crippen molar-refractivity contribution in [2.24, 2.45) is 0 Å². The van der Waals surface area contributed by atoms with Gasteiger partial charge in [-0.25, -0.2) is 9.67 Å². The van der Waals surface area contributed by atoms with Gasteiger partial charge in [0.2, 0.25) is 0 Å². The average Bonchev–Trinajstić information content (AvgIpc) is 3.11. The molecule has 0 saturated heterocycles. The molecule has 7 nitrogen and oxygen atoms in total. The van der Waals surface area contributed by atoms with Gasteiger partial charge in [0.05, 0.1) is 18.4 Å². The lowest BCUT2D eigenvalue weighted by molar-refractivity contribution is 0.0970. The molecule has 120 valence electrons. The molecule has 0 unspecified atom stereocenters. The number of hydrogen-bond donors (Lipinski definition) is 0. The van der Waals surface area contributed by atoms with E-state index in [4.69, 9.17) is 4.74 Å². The molecule has 0 bridgehead atoms. The van der Waals surface area contributed by atoms with E-state index >= 15 is 0 Å². The van der Waals surface area contributed by atoms with E-state index in [1.807, 2.05) is 31.2 Å². The summed E-state index contributed by atoms with van der Waals surface area (Å²) < 4.78 is 7.13. The Hall–Kier alpha value is -3.22. The minimum atomic E-state index is -0.239. The maximum absolute atomic E-state index is 12.8. The van der Waals surface area contributed by atoms with Crippen LogP contribution in [0.2, 0.25) is 0 Å². The molecular formula is C17H15N5O2. The van der Waals surface area contributed by atoms with Gasteiger partial charge in [0.1, 0.15) is 6.61 Å². The summed E-state index contributed by atoms with van der Waals surface area (Å²) in [6.07, 6.45) is 3.27. The molecule has 2 aromatic heterocycles. The smallest absolute Gasteiger partial charge is 0.281 e. The van der Waals surface area contributed by atoms with Crippen molar-refractivity contribution in [3.05, 3.63) is 60.0 Å². The van der Waals surface area contributed by atoms with Crippen molar-refractivity contribution in [3.8, 4) is 11.4 Å². The summed E-state index contributed by atoms with van der Waals surface area (Å²) in [6, 6.07) is 11.4. The summed E-state index contributed by atoms with van der Waals surface area (Å²) in [4.78, 5) is 18.6. The van der Waals surface area contributed by atoms with Crippen LogP contribution in [0.1, 0.15) is 16.1 Å². The lowest BCUT2D eigenvalue weighted by Gasteiger charge is -2.27. The van der Waals surface area contributed by atoms with Crippen LogP contribution in [0.15, 0.2) is 48.8 Å². The Labute approximate surface area is 138 Å². The van der Waals surface area contributed by atoms with Gasteiger partial charge in [0.25, 0.3) is 5.91 Å². The molecule has 1 aliphatic rings. The van der Waals surface area contributed by atoms with E-state index in [-0.39, 0.29) is 11.6 Å². The van der Waals surface area contributed by atoms with Crippen molar-refractivity contribution >= 4 is 11.7 Å². The predicted octanol–water partition coefficient (Wildman–Crippen LogP) is 2.01. The van der Waals surface area contributed by atoms with E-state index in [2.05, 4.69) is 15.3 Å². The maximum atomic E-state index is 12.8. The molecule has 3 heterocycles. The highest BCUT2D eigenvalue weighted by Gasteiger charge is 2.27. The topological polar surface area (TPSA) is 73.1 Å². The van der Waals surface area contributed by atoms with Crippen LogP contribution in [-0.4, -0.2) is 39.0 Å². The van der Waals surface area contributed by atoms with Crippen molar-refractivity contribution in [1.29, 1.82) is 0 Å². The van der Waals surface area contributed by atoms with Gasteiger partial charge in [-0.1, -0.05) is 17.3 Å². The van der Waals surface area contributed by atoms with Crippen LogP contribution in [0, 0.1) is 6.92 Å². The Balaban J connectivity index is 1.65. The molecule has 0 atom stereocenters. The number of fused-ring (bicyclic) bond motifs is 1. The van der Waals surface area contributed by atoms with Crippen molar-refractivity contribution in [2.75, 3.05) is 18.1 Å². The average molecular weight is 321 g/mol. The van der Waals surface area contributed by atoms with Crippen molar-refractivity contribution in [1.82, 2.24) is 20.0 Å². The van der Waals surface area contributed by atoms with Gasteiger partial charge in [-0.05, 0) is 36.8 Å². The Bertz CT molecular complexity index is 905. The lowest BCUT2D eigenvalue weighted by atomic mass is 10.2. The molecule has 1 aliphatic heterocycles. The van der Waals surface area contributed by atoms with Crippen LogP contribution in [-0.2, 0) is 0 Å². The molecule has 3 aromatic rings. The number of ether oxygens (including phenoxy) is 1. The number of carbonyl (C=O) groups excluding carboxylic acids is 1. The fourth-order valence-corrected chi connectivity index (χ4v) is 2.64. The number of aromatic nitrogens is 4. The second-order valence-electron chi connectivity index (χ2n) is 5.52. The highest BCUT2D eigenvalue weighted by Crippen LogP contribution is 2.29. The minimum absolute atomic E-state index is 0.239. The number of pyridine rings is 1. The van der Waals surface area contributed by atoms with Gasteiger partial charge < -0.3 is 4.74 Å². The van der Waals surface area contributed by atoms with E-state index in [1.54, 1.807) is 34.1 Å². The highest BCUT2D eigenvalue weighted by atomic mass is 16.5. The van der Waals surface area contributed by atoms with Crippen molar-refractivity contribution in [2.45, 2.75) is 6.92 Å². The third kappa shape index (κ3) is 2.50. The number of amides is 1. The molecule has 1 amide bonds. The molecule has 1 aromatic carbocycles. The Morgan fingerprint density at radius 3 is 3.04 bits per heavy atom. The van der Waals surface area contributed by atoms with E-state index in [0.717, 1.165) is 11.3 Å². The summed E-state index contributed by atoms with van der Waals surface area (Å²) in [6.45, 7) is 2.86. The molecule has 0 fully saturated rings. The van der Waals surface area contributed by atoms with Crippen LogP contribution in [0.3, 0.4) is 0 Å². The first-order valence-corrected chi connectivity index (χ1v) is 7.61. The third-order valence-corrected chi connectivity index (χ3v) is 3.80. The summed E-state index contributed by atoms with van der Waals surface area (Å²) >= 11 is 0. The molecule has 0 radical (unpaired) electrons. The van der Waals surface area contributed by atoms with Gasteiger partial charge in [-0.15, -0.1) is 5.10 Å². The lowest BCUT2D eigenvalue weighted by Crippen LogP contribution is -2.38. The largest absolute Gasteiger partial charge is 0.488 e. The number of aryl methyl sites for hydroxylation is 1. The van der Waals surface area contributed by atoms with Crippen molar-refractivity contribution in [3.63, 3.8) is 0 Å². The van der Waals surface area contributed by atoms with Gasteiger partial charge >= 0.3 is 0 Å². The van der Waals surface area contributed by atoms with E-state index < -0.39 is 0 Å². The molecule has 4 rings (SSSR count). The van der Waals surface area contributed by atoms with E-state index in [1.165, 1.54) is 0 Å². The normalized spacial score (nSPS) is 13.3. The number of anilines is 1. The van der Waals surface area contributed by atoms with Crippen LogP contribution in [0.5, 0.6) is 5.75 Å². The fraction of sp³-hybridized carbons (Fsp3) is 0.176. The molecule has 24 heavy (non-hydrogen) atoms. The van der Waals surface area contributed by atoms with E-state index in [9.17, 15) is 4.79 Å². The number of hydrogen-bond acceptors (Lipinski definition) is 5. The van der Waals surface area contributed by atoms with Crippen LogP contribution in [0.4, 0.5) is 5.82 Å². The number of nitrogens with zero attached hydrogens (tertiary/aromatic N) is 5. The van der Waals surface area contributed by atoms with Gasteiger partial charge in [-0.3, -0.25) is 9.69 Å². The highest BCUT2D eigenvalue weighted by molar-refractivity contribution is 6.05. The first kappa shape index (κ1) is 14.4. The van der Waals surface area contributed by atoms with Crippen LogP contribution < -0.4 is 9.64 Å². The Morgan fingerprint density at radius 2 is 2.17 bits per heavy atom. The Kier molecular flexibility index (Phi) is 3.45. The first-order chi connectivity index (χ1) is 11.7. The monoisotopic (exact) mass is 321 g/mol. The van der Waals surface area contributed by atoms with E-state index in [0.29, 0.717) is 24.7 Å². The molecule has 0 N–H and O–H groups in total. The molecule has 0 spiro atoms. The van der Waals surface area contributed by atoms with Crippen LogP contribution in [0.25, 0.3) is 5.69 Å². The second kappa shape index (κ2) is 5.77. The summed E-state index contributed by atoms with van der Waals surface area (Å²) in [5, 5.41) is 8.09. The number of rotatable bonds is 2. The van der Waals surface area contributed by atoms with Gasteiger partial charge in [0, 0.05) is 6.20 Å². The number of benzene rings is 1. The summed E-state index contributed by atoms with van der Waals surface area (Å²) in [5.74, 6) is 0.874. The van der Waals surface area contributed by atoms with Gasteiger partial charge in [-0.2, -0.15) is 0 Å². The third-order valence-electron chi connectivity index (χ3n) is 3.80. The quantitative estimate of drug-likeness (QED) is 0.722. The standard InChI is InChI=1S/C17H15N5O2/c1-12-4-2-5-13(10-12)22-11-14(19-20-22)17(23)21-8-9-24-15-6-3-7-18-16(15)21/h2-7,10-11H,8-9H2,1H3. The summed E-state index contributed by atoms with van der Waals surface area (Å²) in [7, 11) is 0. The SMILES string of the molecule is Cc1cccc(-n2cc(C(=O)N3CCOc4cccnc43)nn2)c1. The predicted molar refractivity (Wildman–Crippen MR) is 87.5 cm³/mol. The molecule has 0 aliphatic carbocycles. The minimum Gasteiger partial charge on any atom is -0.488 e. The van der Waals surface area contributed by atoms with Gasteiger partial charge in [0.15, 0.2) is 17.3 Å². The summed E-state index contributed by atoms with van der Waals surface area (Å²) in [5.41, 5.74) is 2.25. The van der Waals surface area contributed by atoms with Crippen LogP contribution >= 0.6 is 0 Å². The molecule has 7 heteroatoms. The Morgan fingerprint density at radius 1 is 1.25 bits per heavy atom. The van der Waals surface area contributed by atoms with Crippen molar-refractivity contribution < 1.29 is 9.53 Å². The zero-order valence-electron chi connectivity index (χ0n) is 13.1. The first-order valence-electron chi connectivity index (χ1n) is 7.61. The number of carbonyl (C=O) groups is 1. The molecular weight excluding hydrogens is 306 g/mol. The zero-order valence-corrected chi connectivity index (χ0v) is 13.1. The zero-order chi connectivity index (χ0) is 16.5. The second-order valence-corrected chi connectivity index (χ2v) is 5.52. The molecule has 0 saturated carbocycles. The fourth-order valence-electron chi connectivity index (χ4n) is 2.64. The maximum Gasteiger partial charge on any atom is 0.281 e.